The summed E-state index contributed by atoms with van der Waals surface area (Å²) in [5, 5.41) is 14.2. The van der Waals surface area contributed by atoms with Gasteiger partial charge in [-0.3, -0.25) is 9.88 Å². The molecule has 2 aromatic rings. The molecule has 2 saturated heterocycles. The molecule has 0 unspecified atom stereocenters. The molecule has 4 heterocycles. The van der Waals surface area contributed by atoms with Crippen molar-refractivity contribution in [3.8, 4) is 0 Å². The molecule has 0 aliphatic carbocycles. The molecule has 2 aliphatic rings. The molecule has 2 N–H and O–H groups in total. The van der Waals surface area contributed by atoms with Gasteiger partial charge in [0.15, 0.2) is 0 Å². The lowest BCUT2D eigenvalue weighted by Gasteiger charge is -2.42. The topological polar surface area (TPSA) is 116 Å². The molecule has 0 radical (unpaired) electrons. The first-order chi connectivity index (χ1) is 17.7. The smallest absolute Gasteiger partial charge is 0.475 e. The Kier molecular flexibility index (Phi) is 10.9. The van der Waals surface area contributed by atoms with Gasteiger partial charge in [0.05, 0.1) is 37.9 Å². The zero-order valence-electron chi connectivity index (χ0n) is 20.0. The molecular weight excluding hydrogens is 528 g/mol. The Hall–Kier alpha value is -3.33. The number of ether oxygens (including phenoxy) is 1. The highest BCUT2D eigenvalue weighted by molar-refractivity contribution is 5.73. The van der Waals surface area contributed by atoms with Crippen molar-refractivity contribution in [2.24, 2.45) is 5.41 Å². The van der Waals surface area contributed by atoms with Crippen LogP contribution in [0.1, 0.15) is 18.6 Å². The summed E-state index contributed by atoms with van der Waals surface area (Å²) in [6, 6.07) is 8.19. The first-order valence-electron chi connectivity index (χ1n) is 11.3. The number of carbonyl (C=O) groups is 2. The van der Waals surface area contributed by atoms with E-state index in [0.29, 0.717) is 0 Å². The zero-order valence-corrected chi connectivity index (χ0v) is 20.0. The van der Waals surface area contributed by atoms with Gasteiger partial charge in [0.2, 0.25) is 0 Å². The average molecular weight is 555 g/mol. The maximum atomic E-state index is 10.6. The number of carboxylic acid groups (broad SMARTS) is 2. The van der Waals surface area contributed by atoms with Gasteiger partial charge in [0, 0.05) is 24.7 Å². The van der Waals surface area contributed by atoms with Crippen LogP contribution in [0.25, 0.3) is 0 Å². The SMILES string of the molecule is O=C(O)C(F)(F)F.O=C(O)C(F)(F)F.c1cncc(N2CCOCC3(CCN(Cc4ccco4)CC3)C2)c1. The third kappa shape index (κ3) is 10.2. The number of likely N-dealkylation sites (tertiary alicyclic amines) is 1. The van der Waals surface area contributed by atoms with E-state index in [9.17, 15) is 26.3 Å². The van der Waals surface area contributed by atoms with Crippen molar-refractivity contribution in [2.75, 3.05) is 44.3 Å². The van der Waals surface area contributed by atoms with Gasteiger partial charge in [-0.15, -0.1) is 0 Å². The summed E-state index contributed by atoms with van der Waals surface area (Å²) in [5.41, 5.74) is 1.46. The van der Waals surface area contributed by atoms with E-state index in [1.807, 2.05) is 24.5 Å². The van der Waals surface area contributed by atoms with Crippen molar-refractivity contribution in [1.29, 1.82) is 0 Å². The first-order valence-corrected chi connectivity index (χ1v) is 11.3. The lowest BCUT2D eigenvalue weighted by atomic mass is 9.78. The fourth-order valence-corrected chi connectivity index (χ4v) is 3.87. The second kappa shape index (κ2) is 13.5. The minimum Gasteiger partial charge on any atom is -0.475 e. The fraction of sp³-hybridized carbons (Fsp3) is 0.522. The van der Waals surface area contributed by atoms with Crippen LogP contribution in [-0.4, -0.2) is 83.8 Å². The Labute approximate surface area is 213 Å². The molecule has 212 valence electrons. The van der Waals surface area contributed by atoms with Gasteiger partial charge in [0.1, 0.15) is 5.76 Å². The normalized spacial score (nSPS) is 17.9. The van der Waals surface area contributed by atoms with Crippen molar-refractivity contribution in [3.05, 3.63) is 48.7 Å². The molecule has 0 bridgehead atoms. The summed E-state index contributed by atoms with van der Waals surface area (Å²) >= 11 is 0. The third-order valence-corrected chi connectivity index (χ3v) is 5.81. The van der Waals surface area contributed by atoms with Crippen LogP contribution in [0.2, 0.25) is 0 Å². The number of nitrogens with zero attached hydrogens (tertiary/aromatic N) is 3. The van der Waals surface area contributed by atoms with Crippen LogP contribution in [-0.2, 0) is 20.9 Å². The summed E-state index contributed by atoms with van der Waals surface area (Å²) in [4.78, 5) is 27.0. The number of furan rings is 1. The summed E-state index contributed by atoms with van der Waals surface area (Å²) in [7, 11) is 0. The Morgan fingerprint density at radius 1 is 0.974 bits per heavy atom. The predicted molar refractivity (Wildman–Crippen MR) is 120 cm³/mol. The summed E-state index contributed by atoms with van der Waals surface area (Å²) in [6.07, 6.45) is -2.27. The van der Waals surface area contributed by atoms with E-state index in [4.69, 9.17) is 29.0 Å². The molecule has 0 atom stereocenters. The zero-order chi connectivity index (χ0) is 28.4. The molecule has 4 rings (SSSR count). The molecule has 0 aromatic carbocycles. The van der Waals surface area contributed by atoms with Crippen molar-refractivity contribution in [2.45, 2.75) is 31.7 Å². The highest BCUT2D eigenvalue weighted by atomic mass is 19.4. The summed E-state index contributed by atoms with van der Waals surface area (Å²) < 4.78 is 74.9. The molecular formula is C23H27F6N3O6. The largest absolute Gasteiger partial charge is 0.490 e. The Morgan fingerprint density at radius 2 is 1.58 bits per heavy atom. The quantitative estimate of drug-likeness (QED) is 0.541. The highest BCUT2D eigenvalue weighted by Gasteiger charge is 2.39. The summed E-state index contributed by atoms with van der Waals surface area (Å²) in [6.45, 7) is 6.80. The van der Waals surface area contributed by atoms with Gasteiger partial charge >= 0.3 is 24.3 Å². The molecule has 9 nitrogen and oxygen atoms in total. The van der Waals surface area contributed by atoms with Gasteiger partial charge in [-0.2, -0.15) is 26.3 Å². The molecule has 2 aromatic heterocycles. The monoisotopic (exact) mass is 555 g/mol. The van der Waals surface area contributed by atoms with Crippen LogP contribution in [0.15, 0.2) is 47.3 Å². The number of pyridine rings is 1. The summed E-state index contributed by atoms with van der Waals surface area (Å²) in [5.74, 6) is -4.46. The van der Waals surface area contributed by atoms with Gasteiger partial charge in [-0.1, -0.05) is 0 Å². The van der Waals surface area contributed by atoms with E-state index in [0.717, 1.165) is 51.7 Å². The Balaban J connectivity index is 0.000000301. The molecule has 15 heteroatoms. The van der Waals surface area contributed by atoms with Gasteiger partial charge in [-0.05, 0) is 50.2 Å². The van der Waals surface area contributed by atoms with Crippen LogP contribution in [0.4, 0.5) is 32.0 Å². The van der Waals surface area contributed by atoms with E-state index >= 15 is 0 Å². The minimum absolute atomic E-state index is 0.256. The van der Waals surface area contributed by atoms with Gasteiger partial charge < -0.3 is 24.3 Å². The second-order valence-electron chi connectivity index (χ2n) is 8.65. The van der Waals surface area contributed by atoms with Crippen molar-refractivity contribution >= 4 is 17.6 Å². The number of halogens is 6. The standard InChI is InChI=1S/C19H25N3O2.2C2HF3O2/c1-3-17(13-20-7-1)22-10-12-23-16-19(15-22)5-8-21(9-6-19)14-18-4-2-11-24-18;2*3-2(4,5)1(6)7/h1-4,7,11,13H,5-6,8-10,12,14-16H2;2*(H,6,7). The van der Waals surface area contributed by atoms with Gasteiger partial charge in [-0.25, -0.2) is 9.59 Å². The average Bonchev–Trinajstić information content (AvgIpc) is 3.27. The lowest BCUT2D eigenvalue weighted by Crippen LogP contribution is -2.47. The van der Waals surface area contributed by atoms with Crippen LogP contribution < -0.4 is 4.90 Å². The number of hydrogen-bond acceptors (Lipinski definition) is 7. The maximum absolute atomic E-state index is 10.6. The van der Waals surface area contributed by atoms with Crippen LogP contribution >= 0.6 is 0 Å². The predicted octanol–water partition coefficient (Wildman–Crippen LogP) is 4.06. The fourth-order valence-electron chi connectivity index (χ4n) is 3.87. The lowest BCUT2D eigenvalue weighted by molar-refractivity contribution is -0.193. The highest BCUT2D eigenvalue weighted by Crippen LogP contribution is 2.36. The van der Waals surface area contributed by atoms with E-state index < -0.39 is 24.3 Å². The van der Waals surface area contributed by atoms with Crippen LogP contribution in [0.5, 0.6) is 0 Å². The molecule has 1 spiro atoms. The number of anilines is 1. The minimum atomic E-state index is -5.08. The van der Waals surface area contributed by atoms with Gasteiger partial charge in [0.25, 0.3) is 0 Å². The van der Waals surface area contributed by atoms with Crippen molar-refractivity contribution in [3.63, 3.8) is 0 Å². The Bertz CT molecular complexity index is 969. The first kappa shape index (κ1) is 30.9. The van der Waals surface area contributed by atoms with E-state index in [1.165, 1.54) is 18.5 Å². The molecule has 0 saturated carbocycles. The number of piperidine rings is 1. The number of aliphatic carboxylic acids is 2. The molecule has 2 aliphatic heterocycles. The van der Waals surface area contributed by atoms with Crippen molar-refractivity contribution in [1.82, 2.24) is 9.88 Å². The van der Waals surface area contributed by atoms with Crippen LogP contribution in [0.3, 0.4) is 0 Å². The van der Waals surface area contributed by atoms with Crippen molar-refractivity contribution < 1.29 is 55.3 Å². The maximum Gasteiger partial charge on any atom is 0.490 e. The molecule has 2 fully saturated rings. The third-order valence-electron chi connectivity index (χ3n) is 5.81. The van der Waals surface area contributed by atoms with E-state index in [1.54, 1.807) is 6.26 Å². The van der Waals surface area contributed by atoms with Crippen LogP contribution in [0, 0.1) is 5.41 Å². The number of hydrogen-bond donors (Lipinski definition) is 2. The number of alkyl halides is 6. The molecule has 0 amide bonds. The second-order valence-corrected chi connectivity index (χ2v) is 8.65. The van der Waals surface area contributed by atoms with E-state index in [2.05, 4.69) is 26.9 Å². The molecule has 38 heavy (non-hydrogen) atoms. The number of carboxylic acids is 2. The Morgan fingerprint density at radius 3 is 2.05 bits per heavy atom. The number of rotatable bonds is 3. The van der Waals surface area contributed by atoms with E-state index in [-0.39, 0.29) is 5.41 Å². The number of aromatic nitrogens is 1.